The maximum Gasteiger partial charge on any atom is 0.254 e. The van der Waals surface area contributed by atoms with Crippen LogP contribution in [0.4, 0.5) is 0 Å². The predicted molar refractivity (Wildman–Crippen MR) is 88.2 cm³/mol. The number of rotatable bonds is 4. The Bertz CT molecular complexity index is 729. The molecular formula is C16H24N2O4S. The lowest BCUT2D eigenvalue weighted by atomic mass is 10.0. The van der Waals surface area contributed by atoms with Gasteiger partial charge in [0.2, 0.25) is 10.0 Å². The molecule has 0 aromatic carbocycles. The van der Waals surface area contributed by atoms with Gasteiger partial charge in [-0.15, -0.1) is 0 Å². The minimum absolute atomic E-state index is 0.119. The summed E-state index contributed by atoms with van der Waals surface area (Å²) >= 11 is 0. The highest BCUT2D eigenvalue weighted by molar-refractivity contribution is 7.89. The van der Waals surface area contributed by atoms with E-state index in [2.05, 4.69) is 0 Å². The van der Waals surface area contributed by atoms with Crippen LogP contribution in [0.5, 0.6) is 5.75 Å². The van der Waals surface area contributed by atoms with Gasteiger partial charge in [0.25, 0.3) is 5.56 Å². The van der Waals surface area contributed by atoms with Crippen molar-refractivity contribution in [3.05, 3.63) is 28.2 Å². The Balaban J connectivity index is 1.60. The van der Waals surface area contributed by atoms with Crippen LogP contribution in [0.25, 0.3) is 0 Å². The quantitative estimate of drug-likeness (QED) is 0.831. The van der Waals surface area contributed by atoms with Gasteiger partial charge < -0.3 is 9.30 Å². The minimum atomic E-state index is -3.19. The summed E-state index contributed by atoms with van der Waals surface area (Å²) in [6, 6.07) is 3.25. The van der Waals surface area contributed by atoms with Gasteiger partial charge in [0.1, 0.15) is 11.9 Å². The van der Waals surface area contributed by atoms with Crippen LogP contribution in [0.2, 0.25) is 0 Å². The fourth-order valence-electron chi connectivity index (χ4n) is 3.25. The average molecular weight is 340 g/mol. The van der Waals surface area contributed by atoms with Gasteiger partial charge >= 0.3 is 0 Å². The van der Waals surface area contributed by atoms with Gasteiger partial charge in [0, 0.05) is 18.8 Å². The van der Waals surface area contributed by atoms with Crippen LogP contribution in [0.15, 0.2) is 16.9 Å². The number of aromatic nitrogens is 1. The molecule has 2 heterocycles. The average Bonchev–Trinajstić information content (AvgIpc) is 2.48. The summed E-state index contributed by atoms with van der Waals surface area (Å²) in [6.07, 6.45) is 4.53. The molecule has 1 saturated heterocycles. The van der Waals surface area contributed by atoms with Crippen LogP contribution in [0.1, 0.15) is 37.8 Å². The summed E-state index contributed by atoms with van der Waals surface area (Å²) < 4.78 is 33.9. The highest BCUT2D eigenvalue weighted by Crippen LogP contribution is 2.29. The van der Waals surface area contributed by atoms with Crippen LogP contribution in [-0.2, 0) is 17.1 Å². The summed E-state index contributed by atoms with van der Waals surface area (Å²) in [6.45, 7) is 2.61. The van der Waals surface area contributed by atoms with E-state index < -0.39 is 10.0 Å². The van der Waals surface area contributed by atoms with Gasteiger partial charge in [-0.3, -0.25) is 4.79 Å². The second kappa shape index (κ2) is 6.28. The van der Waals surface area contributed by atoms with Crippen molar-refractivity contribution in [1.29, 1.82) is 0 Å². The van der Waals surface area contributed by atoms with Crippen molar-refractivity contribution >= 4 is 10.0 Å². The van der Waals surface area contributed by atoms with E-state index >= 15 is 0 Å². The third kappa shape index (κ3) is 3.30. The zero-order valence-corrected chi connectivity index (χ0v) is 14.5. The molecule has 2 aliphatic rings. The van der Waals surface area contributed by atoms with Crippen molar-refractivity contribution in [2.75, 3.05) is 13.1 Å². The molecule has 6 nitrogen and oxygen atoms in total. The molecule has 0 bridgehead atoms. The van der Waals surface area contributed by atoms with Crippen molar-refractivity contribution in [2.45, 2.75) is 50.4 Å². The lowest BCUT2D eigenvalue weighted by molar-refractivity contribution is 0.0747. The molecule has 0 unspecified atom stereocenters. The van der Waals surface area contributed by atoms with Crippen LogP contribution in [0, 0.1) is 6.92 Å². The molecule has 0 spiro atoms. The number of hydrogen-bond donors (Lipinski definition) is 0. The summed E-state index contributed by atoms with van der Waals surface area (Å²) in [5, 5.41) is -0.219. The Labute approximate surface area is 137 Å². The lowest BCUT2D eigenvalue weighted by Crippen LogP contribution is -2.58. The Morgan fingerprint density at radius 1 is 1.13 bits per heavy atom. The van der Waals surface area contributed by atoms with Crippen LogP contribution in [0.3, 0.4) is 0 Å². The molecule has 2 fully saturated rings. The van der Waals surface area contributed by atoms with E-state index in [0.29, 0.717) is 18.8 Å². The maximum atomic E-state index is 12.5. The number of hydrogen-bond acceptors (Lipinski definition) is 4. The first-order valence-corrected chi connectivity index (χ1v) is 9.71. The van der Waals surface area contributed by atoms with Crippen LogP contribution >= 0.6 is 0 Å². The first-order chi connectivity index (χ1) is 10.9. The highest BCUT2D eigenvalue weighted by atomic mass is 32.2. The number of aryl methyl sites for hydroxylation is 1. The van der Waals surface area contributed by atoms with Gasteiger partial charge in [-0.05, 0) is 25.8 Å². The molecule has 3 rings (SSSR count). The molecule has 0 radical (unpaired) electrons. The molecule has 1 aliphatic carbocycles. The van der Waals surface area contributed by atoms with E-state index in [1.165, 1.54) is 10.4 Å². The Morgan fingerprint density at radius 3 is 2.39 bits per heavy atom. The topological polar surface area (TPSA) is 68.6 Å². The summed E-state index contributed by atoms with van der Waals surface area (Å²) in [5.41, 5.74) is 0.699. The first-order valence-electron chi connectivity index (χ1n) is 8.21. The van der Waals surface area contributed by atoms with Gasteiger partial charge in [0.05, 0.1) is 18.3 Å². The zero-order chi connectivity index (χ0) is 16.6. The number of ether oxygens (including phenoxy) is 1. The Morgan fingerprint density at radius 2 is 1.78 bits per heavy atom. The minimum Gasteiger partial charge on any atom is -0.487 e. The molecule has 23 heavy (non-hydrogen) atoms. The van der Waals surface area contributed by atoms with Crippen molar-refractivity contribution in [2.24, 2.45) is 7.05 Å². The fraction of sp³-hybridized carbons (Fsp3) is 0.688. The third-order valence-electron chi connectivity index (χ3n) is 4.93. The monoisotopic (exact) mass is 340 g/mol. The van der Waals surface area contributed by atoms with E-state index in [1.54, 1.807) is 17.7 Å². The maximum absolute atomic E-state index is 12.5. The molecule has 1 aromatic rings. The van der Waals surface area contributed by atoms with Gasteiger partial charge in [0.15, 0.2) is 0 Å². The van der Waals surface area contributed by atoms with Crippen molar-refractivity contribution in [1.82, 2.24) is 8.87 Å². The smallest absolute Gasteiger partial charge is 0.254 e. The largest absolute Gasteiger partial charge is 0.487 e. The molecule has 128 valence electrons. The molecule has 0 N–H and O–H groups in total. The van der Waals surface area contributed by atoms with E-state index in [-0.39, 0.29) is 16.9 Å². The van der Waals surface area contributed by atoms with Crippen LogP contribution < -0.4 is 10.3 Å². The molecule has 0 atom stereocenters. The lowest BCUT2D eigenvalue weighted by Gasteiger charge is -2.40. The van der Waals surface area contributed by atoms with E-state index in [1.807, 2.05) is 6.92 Å². The standard InChI is InChI=1S/C16H24N2O4S/c1-12-8-13(9-16(19)17(12)2)22-14-10-18(11-14)23(20,21)15-6-4-3-5-7-15/h8-9,14-15H,3-7,10-11H2,1-2H3. The van der Waals surface area contributed by atoms with Gasteiger partial charge in [-0.2, -0.15) is 4.31 Å². The number of nitrogens with zero attached hydrogens (tertiary/aromatic N) is 2. The number of sulfonamides is 1. The van der Waals surface area contributed by atoms with Crippen molar-refractivity contribution < 1.29 is 13.2 Å². The number of pyridine rings is 1. The predicted octanol–water partition coefficient (Wildman–Crippen LogP) is 1.42. The first kappa shape index (κ1) is 16.5. The van der Waals surface area contributed by atoms with Gasteiger partial charge in [-0.25, -0.2) is 8.42 Å². The summed E-state index contributed by atoms with van der Waals surface area (Å²) in [4.78, 5) is 11.8. The zero-order valence-electron chi connectivity index (χ0n) is 13.7. The van der Waals surface area contributed by atoms with E-state index in [0.717, 1.165) is 37.8 Å². The molecule has 7 heteroatoms. The summed E-state index contributed by atoms with van der Waals surface area (Å²) in [5.74, 6) is 0.519. The van der Waals surface area contributed by atoms with E-state index in [9.17, 15) is 13.2 Å². The van der Waals surface area contributed by atoms with E-state index in [4.69, 9.17) is 4.74 Å². The molecule has 1 saturated carbocycles. The Hall–Kier alpha value is -1.34. The second-order valence-electron chi connectivity index (χ2n) is 6.59. The Kier molecular flexibility index (Phi) is 4.51. The summed E-state index contributed by atoms with van der Waals surface area (Å²) in [7, 11) is -1.47. The molecule has 0 amide bonds. The fourth-order valence-corrected chi connectivity index (χ4v) is 5.35. The third-order valence-corrected chi connectivity index (χ3v) is 7.26. The normalized spacial score (nSPS) is 21.1. The SMILES string of the molecule is Cc1cc(OC2CN(S(=O)(=O)C3CCCCC3)C2)cc(=O)n1C. The molecule has 1 aliphatic heterocycles. The second-order valence-corrected chi connectivity index (χ2v) is 8.80. The highest BCUT2D eigenvalue weighted by Gasteiger charge is 2.41. The van der Waals surface area contributed by atoms with Gasteiger partial charge in [-0.1, -0.05) is 19.3 Å². The molecule has 1 aromatic heterocycles. The van der Waals surface area contributed by atoms with Crippen molar-refractivity contribution in [3.8, 4) is 5.75 Å². The van der Waals surface area contributed by atoms with Crippen LogP contribution in [-0.4, -0.2) is 41.7 Å². The molecular weight excluding hydrogens is 316 g/mol. The van der Waals surface area contributed by atoms with Crippen molar-refractivity contribution in [3.63, 3.8) is 0 Å².